The molecule has 0 aromatic carbocycles. The molecule has 1 unspecified atom stereocenters. The molecule has 0 aromatic heterocycles. The van der Waals surface area contributed by atoms with Crippen molar-refractivity contribution in [3.63, 3.8) is 0 Å². The van der Waals surface area contributed by atoms with Crippen LogP contribution in [-0.4, -0.2) is 35.2 Å². The molecular formula is C10H19NO2S2. The van der Waals surface area contributed by atoms with E-state index < -0.39 is 0 Å². The summed E-state index contributed by atoms with van der Waals surface area (Å²) in [6.07, 6.45) is 5.28. The molecule has 0 saturated carbocycles. The number of hydrogen-bond donors (Lipinski definition) is 2. The van der Waals surface area contributed by atoms with Crippen molar-refractivity contribution in [1.82, 2.24) is 5.32 Å². The van der Waals surface area contributed by atoms with Gasteiger partial charge in [-0.15, -0.1) is 0 Å². The van der Waals surface area contributed by atoms with E-state index in [1.165, 1.54) is 18.6 Å². The normalized spacial score (nSPS) is 20.5. The van der Waals surface area contributed by atoms with Gasteiger partial charge in [-0.2, -0.15) is 0 Å². The zero-order valence-electron chi connectivity index (χ0n) is 8.91. The molecule has 1 fully saturated rings. The molecule has 1 rings (SSSR count). The molecule has 1 atom stereocenters. The van der Waals surface area contributed by atoms with E-state index in [9.17, 15) is 4.79 Å². The summed E-state index contributed by atoms with van der Waals surface area (Å²) in [5, 5.41) is 12.0. The van der Waals surface area contributed by atoms with Crippen LogP contribution in [-0.2, 0) is 4.79 Å². The van der Waals surface area contributed by atoms with Gasteiger partial charge < -0.3 is 10.4 Å². The zero-order valence-corrected chi connectivity index (χ0v) is 10.5. The van der Waals surface area contributed by atoms with Crippen LogP contribution < -0.4 is 5.32 Å². The Labute approximate surface area is 99.2 Å². The van der Waals surface area contributed by atoms with Crippen LogP contribution in [0.15, 0.2) is 0 Å². The summed E-state index contributed by atoms with van der Waals surface area (Å²) in [6.45, 7) is 0.412. The highest BCUT2D eigenvalue weighted by atomic mass is 33.1. The number of nitrogens with one attached hydrogen (secondary N) is 1. The summed E-state index contributed by atoms with van der Waals surface area (Å²) in [7, 11) is 3.97. The molecule has 1 amide bonds. The smallest absolute Gasteiger partial charge is 0.220 e. The van der Waals surface area contributed by atoms with Crippen LogP contribution in [0.25, 0.3) is 0 Å². The van der Waals surface area contributed by atoms with E-state index in [1.54, 1.807) is 0 Å². The Morgan fingerprint density at radius 2 is 2.33 bits per heavy atom. The van der Waals surface area contributed by atoms with Gasteiger partial charge in [-0.25, -0.2) is 0 Å². The second-order valence-corrected chi connectivity index (χ2v) is 6.44. The molecule has 0 aliphatic carbocycles. The van der Waals surface area contributed by atoms with Gasteiger partial charge in [0.2, 0.25) is 5.91 Å². The molecule has 5 heteroatoms. The van der Waals surface area contributed by atoms with Gasteiger partial charge in [0.15, 0.2) is 0 Å². The largest absolute Gasteiger partial charge is 0.395 e. The lowest BCUT2D eigenvalue weighted by atomic mass is 10.1. The second kappa shape index (κ2) is 8.30. The highest BCUT2D eigenvalue weighted by Crippen LogP contribution is 2.39. The van der Waals surface area contributed by atoms with Crippen molar-refractivity contribution in [2.24, 2.45) is 0 Å². The summed E-state index contributed by atoms with van der Waals surface area (Å²) in [4.78, 5) is 11.2. The Morgan fingerprint density at radius 3 is 3.00 bits per heavy atom. The molecule has 1 saturated heterocycles. The van der Waals surface area contributed by atoms with Crippen LogP contribution in [0.3, 0.4) is 0 Å². The molecule has 15 heavy (non-hydrogen) atoms. The highest BCUT2D eigenvalue weighted by molar-refractivity contribution is 8.77. The van der Waals surface area contributed by atoms with Crippen molar-refractivity contribution in [1.29, 1.82) is 0 Å². The lowest BCUT2D eigenvalue weighted by Crippen LogP contribution is -2.25. The van der Waals surface area contributed by atoms with Gasteiger partial charge in [-0.1, -0.05) is 28.0 Å². The lowest BCUT2D eigenvalue weighted by Gasteiger charge is -2.06. The first-order chi connectivity index (χ1) is 7.33. The Morgan fingerprint density at radius 1 is 1.47 bits per heavy atom. The average Bonchev–Trinajstić information content (AvgIpc) is 2.74. The molecular weight excluding hydrogens is 230 g/mol. The molecule has 88 valence electrons. The topological polar surface area (TPSA) is 49.3 Å². The van der Waals surface area contributed by atoms with E-state index in [1.807, 2.05) is 21.6 Å². The van der Waals surface area contributed by atoms with Gasteiger partial charge in [0, 0.05) is 24.0 Å². The fraction of sp³-hybridized carbons (Fsp3) is 0.900. The summed E-state index contributed by atoms with van der Waals surface area (Å²) in [5.74, 6) is 1.35. The average molecular weight is 249 g/mol. The van der Waals surface area contributed by atoms with E-state index >= 15 is 0 Å². The number of hydrogen-bond acceptors (Lipinski definition) is 4. The molecule has 3 nitrogen and oxygen atoms in total. The minimum Gasteiger partial charge on any atom is -0.395 e. The Hall–Kier alpha value is 0.130. The Balaban J connectivity index is 1.89. The van der Waals surface area contributed by atoms with Gasteiger partial charge >= 0.3 is 0 Å². The monoisotopic (exact) mass is 249 g/mol. The van der Waals surface area contributed by atoms with Gasteiger partial charge in [0.1, 0.15) is 0 Å². The summed E-state index contributed by atoms with van der Waals surface area (Å²) < 4.78 is 0. The van der Waals surface area contributed by atoms with E-state index in [0.29, 0.717) is 13.0 Å². The standard InChI is InChI=1S/C10H19NO2S2/c12-7-6-11-10(13)4-2-1-3-9-5-8-14-15-9/h9,12H,1-8H2,(H,11,13). The number of aliphatic hydroxyl groups is 1. The number of rotatable bonds is 7. The third-order valence-corrected chi connectivity index (χ3v) is 5.35. The van der Waals surface area contributed by atoms with E-state index in [-0.39, 0.29) is 12.5 Å². The zero-order chi connectivity index (χ0) is 10.9. The maximum atomic E-state index is 11.2. The van der Waals surface area contributed by atoms with Crippen molar-refractivity contribution in [3.8, 4) is 0 Å². The number of aliphatic hydroxyl groups excluding tert-OH is 1. The molecule has 1 heterocycles. The SMILES string of the molecule is O=C(CCCCC1CCSS1)NCCO. The van der Waals surface area contributed by atoms with E-state index in [0.717, 1.165) is 18.1 Å². The van der Waals surface area contributed by atoms with Crippen LogP contribution in [0.1, 0.15) is 32.1 Å². The fourth-order valence-electron chi connectivity index (χ4n) is 1.51. The lowest BCUT2D eigenvalue weighted by molar-refractivity contribution is -0.121. The van der Waals surface area contributed by atoms with Crippen LogP contribution >= 0.6 is 21.6 Å². The number of amides is 1. The first-order valence-corrected chi connectivity index (χ1v) is 7.87. The number of unbranched alkanes of at least 4 members (excludes halogenated alkanes) is 1. The Bertz CT molecular complexity index is 184. The van der Waals surface area contributed by atoms with Gasteiger partial charge in [-0.3, -0.25) is 4.79 Å². The quantitative estimate of drug-likeness (QED) is 0.534. The van der Waals surface area contributed by atoms with Crippen LogP contribution in [0, 0.1) is 0 Å². The fourth-order valence-corrected chi connectivity index (χ4v) is 4.53. The van der Waals surface area contributed by atoms with Crippen molar-refractivity contribution in [2.75, 3.05) is 18.9 Å². The van der Waals surface area contributed by atoms with Gasteiger partial charge in [-0.05, 0) is 19.3 Å². The molecule has 0 spiro atoms. The first kappa shape index (κ1) is 13.2. The van der Waals surface area contributed by atoms with E-state index in [4.69, 9.17) is 5.11 Å². The summed E-state index contributed by atoms with van der Waals surface area (Å²) >= 11 is 0. The van der Waals surface area contributed by atoms with Gasteiger partial charge in [0.25, 0.3) is 0 Å². The maximum absolute atomic E-state index is 11.2. The predicted molar refractivity (Wildman–Crippen MR) is 67.0 cm³/mol. The molecule has 1 aliphatic rings. The Kier molecular flexibility index (Phi) is 7.30. The van der Waals surface area contributed by atoms with Crippen molar-refractivity contribution in [3.05, 3.63) is 0 Å². The molecule has 0 radical (unpaired) electrons. The van der Waals surface area contributed by atoms with Crippen molar-refractivity contribution < 1.29 is 9.90 Å². The number of carbonyl (C=O) groups excluding carboxylic acids is 1. The molecule has 2 N–H and O–H groups in total. The van der Waals surface area contributed by atoms with E-state index in [2.05, 4.69) is 5.32 Å². The number of carbonyl (C=O) groups is 1. The highest BCUT2D eigenvalue weighted by Gasteiger charge is 2.15. The van der Waals surface area contributed by atoms with Crippen molar-refractivity contribution in [2.45, 2.75) is 37.4 Å². The van der Waals surface area contributed by atoms with Gasteiger partial charge in [0.05, 0.1) is 6.61 Å². The van der Waals surface area contributed by atoms with Crippen LogP contribution in [0.5, 0.6) is 0 Å². The molecule has 0 aromatic rings. The molecule has 1 aliphatic heterocycles. The summed E-state index contributed by atoms with van der Waals surface area (Å²) in [6, 6.07) is 0. The minimum absolute atomic E-state index is 0.0294. The minimum atomic E-state index is 0.0294. The van der Waals surface area contributed by atoms with Crippen LogP contribution in [0.2, 0.25) is 0 Å². The molecule has 0 bridgehead atoms. The third-order valence-electron chi connectivity index (χ3n) is 2.34. The van der Waals surface area contributed by atoms with Crippen LogP contribution in [0.4, 0.5) is 0 Å². The first-order valence-electron chi connectivity index (χ1n) is 5.48. The maximum Gasteiger partial charge on any atom is 0.220 e. The predicted octanol–water partition coefficient (Wildman–Crippen LogP) is 1.81. The summed E-state index contributed by atoms with van der Waals surface area (Å²) in [5.41, 5.74) is 0. The van der Waals surface area contributed by atoms with Crippen molar-refractivity contribution >= 4 is 27.5 Å². The second-order valence-electron chi connectivity index (χ2n) is 3.65. The third kappa shape index (κ3) is 6.33.